The quantitative estimate of drug-likeness (QED) is 0.904. The van der Waals surface area contributed by atoms with Gasteiger partial charge in [0, 0.05) is 32.2 Å². The molecule has 0 radical (unpaired) electrons. The maximum atomic E-state index is 12.6. The van der Waals surface area contributed by atoms with Crippen LogP contribution in [0.4, 0.5) is 0 Å². The number of rotatable bonds is 4. The lowest BCUT2D eigenvalue weighted by molar-refractivity contribution is -0.133. The van der Waals surface area contributed by atoms with Gasteiger partial charge in [0.1, 0.15) is 5.78 Å². The van der Waals surface area contributed by atoms with Gasteiger partial charge in [-0.2, -0.15) is 5.10 Å². The summed E-state index contributed by atoms with van der Waals surface area (Å²) < 4.78 is 7.01. The van der Waals surface area contributed by atoms with E-state index < -0.39 is 5.41 Å². The van der Waals surface area contributed by atoms with E-state index in [1.807, 2.05) is 6.92 Å². The minimum absolute atomic E-state index is 0.142. The number of hydrogen-bond acceptors (Lipinski definition) is 4. The molecule has 19 heavy (non-hydrogen) atoms. The number of ether oxygens (including phenoxy) is 1. The molecule has 0 amide bonds. The molecule has 1 aliphatic rings. The molecule has 2 heterocycles. The predicted octanol–water partition coefficient (Wildman–Crippen LogP) is 1.25. The van der Waals surface area contributed by atoms with Gasteiger partial charge in [0.05, 0.1) is 22.8 Å². The zero-order valence-electron chi connectivity index (χ0n) is 11.4. The van der Waals surface area contributed by atoms with Gasteiger partial charge in [0.25, 0.3) is 0 Å². The van der Waals surface area contributed by atoms with Crippen LogP contribution in [0.3, 0.4) is 0 Å². The average molecular weight is 286 g/mol. The van der Waals surface area contributed by atoms with E-state index in [2.05, 4.69) is 5.10 Å². The fraction of sp³-hybridized carbons (Fsp3) is 0.692. The molecule has 6 heteroatoms. The molecular formula is C13H20ClN3O2. The highest BCUT2D eigenvalue weighted by atomic mass is 35.5. The van der Waals surface area contributed by atoms with Crippen LogP contribution in [0.5, 0.6) is 0 Å². The van der Waals surface area contributed by atoms with Gasteiger partial charge in [-0.3, -0.25) is 9.48 Å². The molecule has 0 aromatic carbocycles. The number of aryl methyl sites for hydroxylation is 2. The maximum Gasteiger partial charge on any atom is 0.146 e. The van der Waals surface area contributed by atoms with Gasteiger partial charge in [0.2, 0.25) is 0 Å². The molecule has 1 aliphatic heterocycles. The van der Waals surface area contributed by atoms with E-state index in [0.717, 1.165) is 11.4 Å². The number of aromatic nitrogens is 2. The van der Waals surface area contributed by atoms with Crippen molar-refractivity contribution in [1.29, 1.82) is 0 Å². The van der Waals surface area contributed by atoms with Crippen LogP contribution in [0.2, 0.25) is 5.02 Å². The second-order valence-corrected chi connectivity index (χ2v) is 5.54. The first-order chi connectivity index (χ1) is 9.00. The zero-order chi connectivity index (χ0) is 14.0. The fourth-order valence-corrected chi connectivity index (χ4v) is 2.80. The van der Waals surface area contributed by atoms with Crippen molar-refractivity contribution in [3.8, 4) is 0 Å². The smallest absolute Gasteiger partial charge is 0.146 e. The van der Waals surface area contributed by atoms with Crippen molar-refractivity contribution in [2.45, 2.75) is 26.2 Å². The van der Waals surface area contributed by atoms with Crippen LogP contribution in [-0.4, -0.2) is 35.3 Å². The van der Waals surface area contributed by atoms with E-state index >= 15 is 0 Å². The van der Waals surface area contributed by atoms with Gasteiger partial charge in [0.15, 0.2) is 0 Å². The summed E-state index contributed by atoms with van der Waals surface area (Å²) in [5, 5.41) is 4.81. The number of carbonyl (C=O) groups is 1. The SMILES string of the molecule is Cc1nn(C)c(CC(=O)C2(CN)CCOCC2)c1Cl. The van der Waals surface area contributed by atoms with Crippen molar-refractivity contribution < 1.29 is 9.53 Å². The molecule has 2 rings (SSSR count). The van der Waals surface area contributed by atoms with E-state index in [0.29, 0.717) is 37.6 Å². The van der Waals surface area contributed by atoms with Crippen molar-refractivity contribution in [3.05, 3.63) is 16.4 Å². The molecule has 5 nitrogen and oxygen atoms in total. The summed E-state index contributed by atoms with van der Waals surface area (Å²) in [6.45, 7) is 3.40. The molecule has 2 N–H and O–H groups in total. The number of halogens is 1. The molecule has 0 bridgehead atoms. The molecule has 106 valence electrons. The Morgan fingerprint density at radius 1 is 1.53 bits per heavy atom. The second kappa shape index (κ2) is 5.61. The van der Waals surface area contributed by atoms with Crippen LogP contribution >= 0.6 is 11.6 Å². The third-order valence-electron chi connectivity index (χ3n) is 4.02. The summed E-state index contributed by atoms with van der Waals surface area (Å²) in [6, 6.07) is 0. The third-order valence-corrected chi connectivity index (χ3v) is 4.51. The van der Waals surface area contributed by atoms with Crippen LogP contribution in [0.1, 0.15) is 24.2 Å². The van der Waals surface area contributed by atoms with Crippen molar-refractivity contribution in [2.24, 2.45) is 18.2 Å². The van der Waals surface area contributed by atoms with Crippen molar-refractivity contribution >= 4 is 17.4 Å². The maximum absolute atomic E-state index is 12.6. The largest absolute Gasteiger partial charge is 0.381 e. The van der Waals surface area contributed by atoms with Crippen LogP contribution < -0.4 is 5.73 Å². The van der Waals surface area contributed by atoms with Crippen molar-refractivity contribution in [1.82, 2.24) is 9.78 Å². The second-order valence-electron chi connectivity index (χ2n) is 5.17. The van der Waals surface area contributed by atoms with Gasteiger partial charge < -0.3 is 10.5 Å². The Morgan fingerprint density at radius 3 is 2.63 bits per heavy atom. The highest BCUT2D eigenvalue weighted by Crippen LogP contribution is 2.32. The lowest BCUT2D eigenvalue weighted by Crippen LogP contribution is -2.44. The highest BCUT2D eigenvalue weighted by Gasteiger charge is 2.38. The molecule has 1 aromatic rings. The molecule has 0 spiro atoms. The van der Waals surface area contributed by atoms with Crippen molar-refractivity contribution in [3.63, 3.8) is 0 Å². The van der Waals surface area contributed by atoms with E-state index in [1.165, 1.54) is 0 Å². The monoisotopic (exact) mass is 285 g/mol. The number of Topliss-reactive ketones (excluding diaryl/α,β-unsaturated/α-hetero) is 1. The Bertz CT molecular complexity index is 478. The third kappa shape index (κ3) is 2.68. The van der Waals surface area contributed by atoms with Gasteiger partial charge in [-0.05, 0) is 19.8 Å². The molecule has 1 saturated heterocycles. The highest BCUT2D eigenvalue weighted by molar-refractivity contribution is 6.32. The Labute approximate surface area is 118 Å². The van der Waals surface area contributed by atoms with E-state index in [-0.39, 0.29) is 12.2 Å². The lowest BCUT2D eigenvalue weighted by Gasteiger charge is -2.34. The number of ketones is 1. The Morgan fingerprint density at radius 2 is 2.16 bits per heavy atom. The number of hydrogen-bond donors (Lipinski definition) is 1. The standard InChI is InChI=1S/C13H20ClN3O2/c1-9-12(14)10(17(2)16-9)7-11(18)13(8-15)3-5-19-6-4-13/h3-8,15H2,1-2H3. The van der Waals surface area contributed by atoms with E-state index in [9.17, 15) is 4.79 Å². The summed E-state index contributed by atoms with van der Waals surface area (Å²) in [4.78, 5) is 12.6. The lowest BCUT2D eigenvalue weighted by atomic mass is 9.75. The minimum atomic E-state index is -0.459. The van der Waals surface area contributed by atoms with Crippen LogP contribution in [0, 0.1) is 12.3 Å². The van der Waals surface area contributed by atoms with Crippen LogP contribution in [-0.2, 0) is 23.0 Å². The fourth-order valence-electron chi connectivity index (χ4n) is 2.57. The molecule has 0 atom stereocenters. The summed E-state index contributed by atoms with van der Waals surface area (Å²) in [5.41, 5.74) is 6.90. The molecular weight excluding hydrogens is 266 g/mol. The summed E-state index contributed by atoms with van der Waals surface area (Å²) in [5.74, 6) is 0.142. The first-order valence-electron chi connectivity index (χ1n) is 6.49. The number of carbonyl (C=O) groups excluding carboxylic acids is 1. The first kappa shape index (κ1) is 14.5. The predicted molar refractivity (Wildman–Crippen MR) is 73.2 cm³/mol. The minimum Gasteiger partial charge on any atom is -0.381 e. The van der Waals surface area contributed by atoms with Gasteiger partial charge in [-0.1, -0.05) is 11.6 Å². The average Bonchev–Trinajstić information content (AvgIpc) is 2.66. The van der Waals surface area contributed by atoms with Gasteiger partial charge in [-0.15, -0.1) is 0 Å². The van der Waals surface area contributed by atoms with Gasteiger partial charge in [-0.25, -0.2) is 0 Å². The summed E-state index contributed by atoms with van der Waals surface area (Å²) in [6.07, 6.45) is 1.67. The zero-order valence-corrected chi connectivity index (χ0v) is 12.2. The van der Waals surface area contributed by atoms with Crippen LogP contribution in [0.15, 0.2) is 0 Å². The van der Waals surface area contributed by atoms with Crippen LogP contribution in [0.25, 0.3) is 0 Å². The molecule has 0 unspecified atom stereocenters. The van der Waals surface area contributed by atoms with Gasteiger partial charge >= 0.3 is 0 Å². The summed E-state index contributed by atoms with van der Waals surface area (Å²) >= 11 is 6.19. The molecule has 1 fully saturated rings. The topological polar surface area (TPSA) is 70.1 Å². The number of nitrogens with two attached hydrogens (primary N) is 1. The molecule has 0 saturated carbocycles. The molecule has 1 aromatic heterocycles. The summed E-state index contributed by atoms with van der Waals surface area (Å²) in [7, 11) is 1.81. The van der Waals surface area contributed by atoms with E-state index in [1.54, 1.807) is 11.7 Å². The Hall–Kier alpha value is -0.910. The number of nitrogens with zero attached hydrogens (tertiary/aromatic N) is 2. The Kier molecular flexibility index (Phi) is 4.28. The normalized spacial score (nSPS) is 18.5. The molecule has 0 aliphatic carbocycles. The van der Waals surface area contributed by atoms with E-state index in [4.69, 9.17) is 22.1 Å². The Balaban J connectivity index is 2.19. The first-order valence-corrected chi connectivity index (χ1v) is 6.87. The van der Waals surface area contributed by atoms with Crippen molar-refractivity contribution in [2.75, 3.05) is 19.8 Å².